The minimum atomic E-state index is 0.263. The first-order valence-electron chi connectivity index (χ1n) is 7.85. The number of hydrogen-bond donors (Lipinski definition) is 1. The summed E-state index contributed by atoms with van der Waals surface area (Å²) < 4.78 is 1.71. The second-order valence-corrected chi connectivity index (χ2v) is 5.97. The van der Waals surface area contributed by atoms with Crippen LogP contribution < -0.4 is 5.32 Å². The highest BCUT2D eigenvalue weighted by Gasteiger charge is 2.22. The number of anilines is 1. The molecule has 0 saturated carbocycles. The Morgan fingerprint density at radius 2 is 2.26 bits per heavy atom. The Balaban J connectivity index is 1.75. The van der Waals surface area contributed by atoms with Crippen LogP contribution in [0, 0.1) is 18.3 Å². The number of aryl methyl sites for hydroxylation is 1. The largest absolute Gasteiger partial charge is 0.363 e. The van der Waals surface area contributed by atoms with Crippen LogP contribution in [-0.4, -0.2) is 14.6 Å². The molecule has 0 bridgehead atoms. The molecule has 5 heteroatoms. The minimum absolute atomic E-state index is 0.263. The van der Waals surface area contributed by atoms with Crippen molar-refractivity contribution in [2.24, 2.45) is 0 Å². The maximum Gasteiger partial charge on any atom is 0.175 e. The lowest BCUT2D eigenvalue weighted by molar-refractivity contribution is 0.594. The van der Waals surface area contributed by atoms with E-state index < -0.39 is 0 Å². The molecular weight excluding hydrogens is 286 g/mol. The number of nitrogens with zero attached hydrogens (tertiary/aromatic N) is 4. The van der Waals surface area contributed by atoms with E-state index in [0.29, 0.717) is 11.2 Å². The molecule has 5 nitrogen and oxygen atoms in total. The van der Waals surface area contributed by atoms with Gasteiger partial charge in [0.2, 0.25) is 0 Å². The predicted octanol–water partition coefficient (Wildman–Crippen LogP) is 3.40. The molecule has 1 aliphatic rings. The summed E-state index contributed by atoms with van der Waals surface area (Å²) in [6, 6.07) is 10.8. The molecule has 3 aromatic rings. The summed E-state index contributed by atoms with van der Waals surface area (Å²) in [6.45, 7) is 2.18. The molecule has 0 radical (unpaired) electrons. The van der Waals surface area contributed by atoms with Crippen LogP contribution in [0.5, 0.6) is 0 Å². The van der Waals surface area contributed by atoms with E-state index in [1.165, 1.54) is 23.1 Å². The lowest BCUT2D eigenvalue weighted by atomic mass is 9.85. The molecule has 0 aliphatic heterocycles. The molecule has 0 amide bonds. The molecular formula is C18H17N5. The van der Waals surface area contributed by atoms with Crippen molar-refractivity contribution in [2.45, 2.75) is 32.2 Å². The third-order valence-corrected chi connectivity index (χ3v) is 4.59. The first-order chi connectivity index (χ1) is 11.3. The average Bonchev–Trinajstić information content (AvgIpc) is 3.00. The molecule has 23 heavy (non-hydrogen) atoms. The number of nitriles is 1. The summed E-state index contributed by atoms with van der Waals surface area (Å²) >= 11 is 0. The normalized spacial score (nSPS) is 16.8. The van der Waals surface area contributed by atoms with E-state index >= 15 is 0 Å². The van der Waals surface area contributed by atoms with E-state index in [1.807, 2.05) is 6.07 Å². The van der Waals surface area contributed by atoms with Crippen LogP contribution in [0.3, 0.4) is 0 Å². The maximum atomic E-state index is 9.13. The second-order valence-electron chi connectivity index (χ2n) is 5.97. The van der Waals surface area contributed by atoms with Crippen molar-refractivity contribution < 1.29 is 0 Å². The van der Waals surface area contributed by atoms with E-state index in [4.69, 9.17) is 5.26 Å². The summed E-state index contributed by atoms with van der Waals surface area (Å²) in [6.07, 6.45) is 6.69. The van der Waals surface area contributed by atoms with Gasteiger partial charge in [-0.1, -0.05) is 18.2 Å². The molecule has 2 aromatic heterocycles. The molecule has 1 N–H and O–H groups in total. The van der Waals surface area contributed by atoms with Gasteiger partial charge in [0.1, 0.15) is 17.5 Å². The van der Waals surface area contributed by atoms with Crippen molar-refractivity contribution in [3.05, 3.63) is 58.9 Å². The Morgan fingerprint density at radius 3 is 3.13 bits per heavy atom. The quantitative estimate of drug-likeness (QED) is 0.788. The Bertz CT molecular complexity index is 919. The summed E-state index contributed by atoms with van der Waals surface area (Å²) in [5.74, 6) is 0.871. The van der Waals surface area contributed by atoms with Crippen molar-refractivity contribution in [1.29, 1.82) is 5.26 Å². The first kappa shape index (κ1) is 13.8. The van der Waals surface area contributed by atoms with Crippen LogP contribution >= 0.6 is 0 Å². The Labute approximate surface area is 134 Å². The van der Waals surface area contributed by atoms with E-state index in [0.717, 1.165) is 18.7 Å². The third-order valence-electron chi connectivity index (χ3n) is 4.59. The number of rotatable bonds is 2. The average molecular weight is 303 g/mol. The summed E-state index contributed by atoms with van der Waals surface area (Å²) in [7, 11) is 0. The molecule has 0 spiro atoms. The van der Waals surface area contributed by atoms with Crippen molar-refractivity contribution in [3.8, 4) is 6.07 Å². The summed E-state index contributed by atoms with van der Waals surface area (Å²) in [5, 5.41) is 17.0. The maximum absolute atomic E-state index is 9.13. The zero-order chi connectivity index (χ0) is 15.8. The van der Waals surface area contributed by atoms with Crippen molar-refractivity contribution in [3.63, 3.8) is 0 Å². The smallest absolute Gasteiger partial charge is 0.175 e. The van der Waals surface area contributed by atoms with Gasteiger partial charge in [-0.15, -0.1) is 0 Å². The van der Waals surface area contributed by atoms with Crippen LogP contribution in [-0.2, 0) is 6.42 Å². The van der Waals surface area contributed by atoms with Crippen molar-refractivity contribution >= 4 is 11.5 Å². The van der Waals surface area contributed by atoms with Crippen molar-refractivity contribution in [2.75, 3.05) is 5.32 Å². The van der Waals surface area contributed by atoms with Gasteiger partial charge in [-0.2, -0.15) is 14.9 Å². The SMILES string of the molecule is Cc1cccc2c1CCCC2Nc1ccnc2c(C#N)cnn12. The molecule has 1 aliphatic carbocycles. The Morgan fingerprint density at radius 1 is 1.35 bits per heavy atom. The van der Waals surface area contributed by atoms with Crippen LogP contribution in [0.1, 0.15) is 41.1 Å². The van der Waals surface area contributed by atoms with Gasteiger partial charge in [-0.25, -0.2) is 4.98 Å². The van der Waals surface area contributed by atoms with E-state index in [9.17, 15) is 0 Å². The van der Waals surface area contributed by atoms with Gasteiger partial charge in [0, 0.05) is 6.20 Å². The molecule has 1 atom stereocenters. The van der Waals surface area contributed by atoms with Crippen LogP contribution in [0.25, 0.3) is 5.65 Å². The predicted molar refractivity (Wildman–Crippen MR) is 88.2 cm³/mol. The highest BCUT2D eigenvalue weighted by Crippen LogP contribution is 2.34. The molecule has 4 rings (SSSR count). The zero-order valence-electron chi connectivity index (χ0n) is 13.0. The van der Waals surface area contributed by atoms with E-state index in [-0.39, 0.29) is 6.04 Å². The van der Waals surface area contributed by atoms with Gasteiger partial charge in [-0.3, -0.25) is 0 Å². The summed E-state index contributed by atoms with van der Waals surface area (Å²) in [5.41, 5.74) is 5.28. The topological polar surface area (TPSA) is 66.0 Å². The van der Waals surface area contributed by atoms with Crippen LogP contribution in [0.15, 0.2) is 36.7 Å². The Kier molecular flexibility index (Phi) is 3.23. The molecule has 2 heterocycles. The molecule has 0 fully saturated rings. The number of fused-ring (bicyclic) bond motifs is 2. The zero-order valence-corrected chi connectivity index (χ0v) is 13.0. The van der Waals surface area contributed by atoms with Gasteiger partial charge in [0.05, 0.1) is 12.2 Å². The first-order valence-corrected chi connectivity index (χ1v) is 7.85. The van der Waals surface area contributed by atoms with Gasteiger partial charge in [0.15, 0.2) is 5.65 Å². The standard InChI is InChI=1S/C18H17N5/c1-12-4-2-6-15-14(12)5-3-7-16(15)22-17-8-9-20-18-13(10-19)11-21-23(17)18/h2,4,6,8-9,11,16,22H,3,5,7H2,1H3. The van der Waals surface area contributed by atoms with Crippen molar-refractivity contribution in [1.82, 2.24) is 14.6 Å². The molecule has 114 valence electrons. The number of aromatic nitrogens is 3. The molecule has 1 unspecified atom stereocenters. The van der Waals surface area contributed by atoms with E-state index in [2.05, 4.69) is 46.6 Å². The lowest BCUT2D eigenvalue weighted by Gasteiger charge is -2.28. The Hall–Kier alpha value is -2.87. The monoisotopic (exact) mass is 303 g/mol. The highest BCUT2D eigenvalue weighted by atomic mass is 15.3. The number of benzene rings is 1. The van der Waals surface area contributed by atoms with Gasteiger partial charge in [0.25, 0.3) is 0 Å². The van der Waals surface area contributed by atoms with Gasteiger partial charge < -0.3 is 5.32 Å². The lowest BCUT2D eigenvalue weighted by Crippen LogP contribution is -2.19. The fraction of sp³-hybridized carbons (Fsp3) is 0.278. The molecule has 0 saturated heterocycles. The van der Waals surface area contributed by atoms with Crippen LogP contribution in [0.2, 0.25) is 0 Å². The van der Waals surface area contributed by atoms with Gasteiger partial charge in [-0.05, 0) is 48.9 Å². The summed E-state index contributed by atoms with van der Waals surface area (Å²) in [4.78, 5) is 4.26. The highest BCUT2D eigenvalue weighted by molar-refractivity contribution is 5.58. The van der Waals surface area contributed by atoms with Gasteiger partial charge >= 0.3 is 0 Å². The van der Waals surface area contributed by atoms with E-state index in [1.54, 1.807) is 16.9 Å². The minimum Gasteiger partial charge on any atom is -0.363 e. The third kappa shape index (κ3) is 2.23. The fourth-order valence-electron chi connectivity index (χ4n) is 3.44. The fourth-order valence-corrected chi connectivity index (χ4v) is 3.44. The van der Waals surface area contributed by atoms with Crippen LogP contribution in [0.4, 0.5) is 5.82 Å². The molecule has 1 aromatic carbocycles. The number of hydrogen-bond acceptors (Lipinski definition) is 4. The second kappa shape index (κ2) is 5.40. The number of nitrogens with one attached hydrogen (secondary N) is 1.